The van der Waals surface area contributed by atoms with Crippen molar-refractivity contribution >= 4 is 17.8 Å². The lowest BCUT2D eigenvalue weighted by Crippen LogP contribution is -2.33. The zero-order chi connectivity index (χ0) is 16.6. The van der Waals surface area contributed by atoms with Gasteiger partial charge in [-0.15, -0.1) is 0 Å². The van der Waals surface area contributed by atoms with Crippen molar-refractivity contribution in [3.05, 3.63) is 53.3 Å². The lowest BCUT2D eigenvalue weighted by molar-refractivity contribution is -0.0593. The van der Waals surface area contributed by atoms with Gasteiger partial charge in [-0.3, -0.25) is 14.3 Å². The molecule has 1 aliphatic heterocycles. The number of fused-ring (bicyclic) bond motifs is 1. The fourth-order valence-corrected chi connectivity index (χ4v) is 2.38. The molecule has 0 spiro atoms. The second-order valence-electron chi connectivity index (χ2n) is 5.25. The number of carbonyl (C=O) groups excluding carboxylic acids is 3. The topological polar surface area (TPSA) is 81.5 Å². The summed E-state index contributed by atoms with van der Waals surface area (Å²) in [6, 6.07) is 7.82. The second kappa shape index (κ2) is 5.68. The molecule has 0 bridgehead atoms. The molecule has 0 radical (unpaired) electrons. The summed E-state index contributed by atoms with van der Waals surface area (Å²) in [6.07, 6.45) is 2.25. The quantitative estimate of drug-likeness (QED) is 0.808. The van der Waals surface area contributed by atoms with Crippen LogP contribution in [0.5, 0.6) is 0 Å². The summed E-state index contributed by atoms with van der Waals surface area (Å²) >= 11 is 0. The lowest BCUT2D eigenvalue weighted by Gasteiger charge is -2.15. The van der Waals surface area contributed by atoms with Gasteiger partial charge in [-0.25, -0.2) is 4.79 Å². The van der Waals surface area contributed by atoms with Crippen LogP contribution >= 0.6 is 0 Å². The largest absolute Gasteiger partial charge is 0.381 e. The first-order chi connectivity index (χ1) is 11.0. The smallest absolute Gasteiger partial charge is 0.323 e. The minimum absolute atomic E-state index is 0.00488. The minimum atomic E-state index is -0.794. The van der Waals surface area contributed by atoms with E-state index in [0.717, 1.165) is 6.42 Å². The van der Waals surface area contributed by atoms with E-state index in [-0.39, 0.29) is 22.9 Å². The molecule has 3 rings (SSSR count). The predicted molar refractivity (Wildman–Crippen MR) is 79.6 cm³/mol. The lowest BCUT2D eigenvalue weighted by atomic mass is 10.1. The maximum absolute atomic E-state index is 12.3. The van der Waals surface area contributed by atoms with Crippen molar-refractivity contribution in [3.63, 3.8) is 0 Å². The van der Waals surface area contributed by atoms with Gasteiger partial charge in [-0.2, -0.15) is 5.10 Å². The number of hydroxylamine groups is 2. The van der Waals surface area contributed by atoms with Gasteiger partial charge in [0, 0.05) is 12.2 Å². The van der Waals surface area contributed by atoms with E-state index in [4.69, 9.17) is 4.84 Å². The molecule has 23 heavy (non-hydrogen) atoms. The van der Waals surface area contributed by atoms with Crippen LogP contribution in [0.25, 0.3) is 0 Å². The van der Waals surface area contributed by atoms with Gasteiger partial charge in [0.15, 0.2) is 0 Å². The summed E-state index contributed by atoms with van der Waals surface area (Å²) in [5.74, 6) is -2.08. The monoisotopic (exact) mass is 313 g/mol. The average molecular weight is 313 g/mol. The Kier molecular flexibility index (Phi) is 3.69. The molecule has 7 heteroatoms. The van der Waals surface area contributed by atoms with Crippen LogP contribution in [0.3, 0.4) is 0 Å². The third-order valence-corrected chi connectivity index (χ3v) is 3.82. The molecule has 0 aliphatic carbocycles. The number of aromatic nitrogens is 2. The van der Waals surface area contributed by atoms with Crippen LogP contribution in [0.4, 0.5) is 0 Å². The molecule has 1 aliphatic rings. The zero-order valence-electron chi connectivity index (χ0n) is 12.7. The Hall–Kier alpha value is -2.96. The normalized spacial score (nSPS) is 14.8. The SMILES string of the molecule is CCC(C)n1nccc1C(=O)ON1C(=O)c2ccccc2C1=O. The molecule has 0 N–H and O–H groups in total. The van der Waals surface area contributed by atoms with Crippen molar-refractivity contribution < 1.29 is 19.2 Å². The number of imide groups is 1. The maximum Gasteiger partial charge on any atom is 0.381 e. The van der Waals surface area contributed by atoms with Crippen molar-refractivity contribution in [1.29, 1.82) is 0 Å². The van der Waals surface area contributed by atoms with E-state index >= 15 is 0 Å². The highest BCUT2D eigenvalue weighted by Crippen LogP contribution is 2.23. The van der Waals surface area contributed by atoms with E-state index < -0.39 is 17.8 Å². The van der Waals surface area contributed by atoms with Gasteiger partial charge in [0.05, 0.1) is 11.1 Å². The van der Waals surface area contributed by atoms with E-state index in [1.54, 1.807) is 12.1 Å². The first-order valence-corrected chi connectivity index (χ1v) is 7.28. The van der Waals surface area contributed by atoms with Crippen molar-refractivity contribution in [2.24, 2.45) is 0 Å². The Labute approximate surface area is 132 Å². The van der Waals surface area contributed by atoms with Gasteiger partial charge in [0.25, 0.3) is 11.8 Å². The summed E-state index contributed by atoms with van der Waals surface area (Å²) in [6.45, 7) is 3.87. The van der Waals surface area contributed by atoms with Gasteiger partial charge in [-0.1, -0.05) is 24.1 Å². The van der Waals surface area contributed by atoms with Gasteiger partial charge < -0.3 is 4.84 Å². The van der Waals surface area contributed by atoms with Gasteiger partial charge in [-0.05, 0) is 31.5 Å². The third-order valence-electron chi connectivity index (χ3n) is 3.82. The first kappa shape index (κ1) is 15.0. The fraction of sp³-hybridized carbons (Fsp3) is 0.250. The molecule has 7 nitrogen and oxygen atoms in total. The molecule has 118 valence electrons. The number of carbonyl (C=O) groups is 3. The molecule has 1 aromatic heterocycles. The van der Waals surface area contributed by atoms with Gasteiger partial charge in [0.2, 0.25) is 0 Å². The highest BCUT2D eigenvalue weighted by Gasteiger charge is 2.39. The summed E-state index contributed by atoms with van der Waals surface area (Å²) in [5, 5.41) is 4.59. The van der Waals surface area contributed by atoms with E-state index in [2.05, 4.69) is 5.10 Å². The van der Waals surface area contributed by atoms with Crippen LogP contribution < -0.4 is 0 Å². The van der Waals surface area contributed by atoms with Crippen molar-refractivity contribution in [3.8, 4) is 0 Å². The van der Waals surface area contributed by atoms with Crippen LogP contribution in [-0.2, 0) is 4.84 Å². The molecule has 2 heterocycles. The molecule has 2 aromatic rings. The number of hydrogen-bond acceptors (Lipinski definition) is 5. The summed E-state index contributed by atoms with van der Waals surface area (Å²) < 4.78 is 1.51. The Morgan fingerprint density at radius 2 is 1.78 bits per heavy atom. The Balaban J connectivity index is 1.84. The molecular formula is C16H15N3O4. The van der Waals surface area contributed by atoms with Crippen LogP contribution in [-0.4, -0.2) is 32.6 Å². The molecule has 1 atom stereocenters. The highest BCUT2D eigenvalue weighted by molar-refractivity contribution is 6.21. The van der Waals surface area contributed by atoms with Crippen LogP contribution in [0.2, 0.25) is 0 Å². The van der Waals surface area contributed by atoms with Crippen LogP contribution in [0.15, 0.2) is 36.5 Å². The molecule has 2 amide bonds. The van der Waals surface area contributed by atoms with Crippen LogP contribution in [0, 0.1) is 0 Å². The molecular weight excluding hydrogens is 298 g/mol. The summed E-state index contributed by atoms with van der Waals surface area (Å²) in [5.41, 5.74) is 0.636. The first-order valence-electron chi connectivity index (χ1n) is 7.28. The summed E-state index contributed by atoms with van der Waals surface area (Å²) in [7, 11) is 0. The number of hydrogen-bond donors (Lipinski definition) is 0. The average Bonchev–Trinajstić information content (AvgIpc) is 3.14. The van der Waals surface area contributed by atoms with E-state index in [9.17, 15) is 14.4 Å². The van der Waals surface area contributed by atoms with E-state index in [1.807, 2.05) is 13.8 Å². The predicted octanol–water partition coefficient (Wildman–Crippen LogP) is 2.22. The number of nitrogens with zero attached hydrogens (tertiary/aromatic N) is 3. The third kappa shape index (κ3) is 2.40. The molecule has 1 aromatic carbocycles. The van der Waals surface area contributed by atoms with Crippen LogP contribution in [0.1, 0.15) is 57.5 Å². The summed E-state index contributed by atoms with van der Waals surface area (Å²) in [4.78, 5) is 41.7. The van der Waals surface area contributed by atoms with Crippen molar-refractivity contribution in [2.45, 2.75) is 26.3 Å². The number of rotatable bonds is 4. The standard InChI is InChI=1S/C16H15N3O4/c1-3-10(2)18-13(8-9-17-18)16(22)23-19-14(20)11-6-4-5-7-12(11)15(19)21/h4-10H,3H2,1-2H3. The number of amides is 2. The highest BCUT2D eigenvalue weighted by atomic mass is 16.7. The Bertz CT molecular complexity index is 761. The molecule has 1 unspecified atom stereocenters. The molecule has 0 saturated carbocycles. The second-order valence-corrected chi connectivity index (χ2v) is 5.25. The number of benzene rings is 1. The minimum Gasteiger partial charge on any atom is -0.323 e. The Morgan fingerprint density at radius 3 is 2.35 bits per heavy atom. The maximum atomic E-state index is 12.3. The molecule has 0 fully saturated rings. The van der Waals surface area contributed by atoms with Gasteiger partial charge >= 0.3 is 5.97 Å². The fourth-order valence-electron chi connectivity index (χ4n) is 2.38. The van der Waals surface area contributed by atoms with Crippen molar-refractivity contribution in [2.75, 3.05) is 0 Å². The zero-order valence-corrected chi connectivity index (χ0v) is 12.7. The van der Waals surface area contributed by atoms with E-state index in [1.165, 1.54) is 29.1 Å². The van der Waals surface area contributed by atoms with Crippen molar-refractivity contribution in [1.82, 2.24) is 14.8 Å². The van der Waals surface area contributed by atoms with E-state index in [0.29, 0.717) is 5.06 Å². The van der Waals surface area contributed by atoms with Gasteiger partial charge in [0.1, 0.15) is 5.69 Å². The molecule has 0 saturated heterocycles. The Morgan fingerprint density at radius 1 is 1.17 bits per heavy atom.